The summed E-state index contributed by atoms with van der Waals surface area (Å²) in [6.45, 7) is 1.93. The number of anilines is 1. The summed E-state index contributed by atoms with van der Waals surface area (Å²) in [5, 5.41) is 2.60. The molecule has 0 heterocycles. The molecule has 0 atom stereocenters. The molecule has 1 aromatic carbocycles. The fourth-order valence-corrected chi connectivity index (χ4v) is 3.46. The summed E-state index contributed by atoms with van der Waals surface area (Å²) in [7, 11) is 0.683. The molecule has 7 heteroatoms. The Labute approximate surface area is 126 Å². The molecule has 0 unspecified atom stereocenters. The zero-order valence-electron chi connectivity index (χ0n) is 12.6. The quantitative estimate of drug-likeness (QED) is 0.296. The minimum atomic E-state index is -3.29. The SMILES string of the molecule is C[N+](C)(CCCNC=O)CCS(=O)(=O)c1ccc(N)cc1. The number of nitrogens with one attached hydrogen (secondary N) is 1. The predicted octanol–water partition coefficient (Wildman–Crippen LogP) is 0.255. The Morgan fingerprint density at radius 2 is 1.81 bits per heavy atom. The average Bonchev–Trinajstić information content (AvgIpc) is 2.42. The molecule has 0 bridgehead atoms. The van der Waals surface area contributed by atoms with Crippen molar-refractivity contribution >= 4 is 21.9 Å². The van der Waals surface area contributed by atoms with E-state index in [0.717, 1.165) is 13.0 Å². The van der Waals surface area contributed by atoms with E-state index in [-0.39, 0.29) is 5.75 Å². The van der Waals surface area contributed by atoms with Gasteiger partial charge >= 0.3 is 0 Å². The summed E-state index contributed by atoms with van der Waals surface area (Å²) in [4.78, 5) is 10.5. The molecule has 118 valence electrons. The molecular weight excluding hydrogens is 290 g/mol. The maximum atomic E-state index is 12.3. The molecular formula is C14H24N3O3S+. The van der Waals surface area contributed by atoms with Crippen LogP contribution in [-0.4, -0.2) is 58.8 Å². The molecule has 0 aromatic heterocycles. The van der Waals surface area contributed by atoms with Crippen molar-refractivity contribution in [2.45, 2.75) is 11.3 Å². The number of nitrogens with two attached hydrogens (primary N) is 1. The number of sulfone groups is 1. The highest BCUT2D eigenvalue weighted by atomic mass is 32.2. The van der Waals surface area contributed by atoms with Gasteiger partial charge in [-0.25, -0.2) is 8.42 Å². The van der Waals surface area contributed by atoms with Crippen LogP contribution >= 0.6 is 0 Å². The smallest absolute Gasteiger partial charge is 0.207 e. The van der Waals surface area contributed by atoms with E-state index in [0.29, 0.717) is 34.6 Å². The summed E-state index contributed by atoms with van der Waals surface area (Å²) in [5.74, 6) is 0.0883. The molecule has 0 aliphatic heterocycles. The lowest BCUT2D eigenvalue weighted by atomic mass is 10.3. The van der Waals surface area contributed by atoms with Crippen molar-refractivity contribution < 1.29 is 17.7 Å². The third-order valence-electron chi connectivity index (χ3n) is 3.37. The highest BCUT2D eigenvalue weighted by molar-refractivity contribution is 7.91. The third-order valence-corrected chi connectivity index (χ3v) is 5.08. The van der Waals surface area contributed by atoms with Crippen LogP contribution in [0.3, 0.4) is 0 Å². The number of rotatable bonds is 9. The molecule has 0 saturated heterocycles. The molecule has 21 heavy (non-hydrogen) atoms. The molecule has 0 saturated carbocycles. The summed E-state index contributed by atoms with van der Waals surface area (Å²) < 4.78 is 25.1. The van der Waals surface area contributed by atoms with E-state index in [2.05, 4.69) is 5.32 Å². The number of carbonyl (C=O) groups excluding carboxylic acids is 1. The van der Waals surface area contributed by atoms with Crippen molar-refractivity contribution in [1.29, 1.82) is 0 Å². The Kier molecular flexibility index (Phi) is 6.17. The van der Waals surface area contributed by atoms with Crippen LogP contribution in [-0.2, 0) is 14.6 Å². The van der Waals surface area contributed by atoms with Gasteiger partial charge in [-0.1, -0.05) is 0 Å². The fourth-order valence-electron chi connectivity index (χ4n) is 1.94. The fraction of sp³-hybridized carbons (Fsp3) is 0.500. The van der Waals surface area contributed by atoms with Crippen molar-refractivity contribution in [3.8, 4) is 0 Å². The molecule has 0 fully saturated rings. The second-order valence-corrected chi connectivity index (χ2v) is 7.81. The van der Waals surface area contributed by atoms with Crippen molar-refractivity contribution in [2.24, 2.45) is 0 Å². The average molecular weight is 314 g/mol. The zero-order valence-corrected chi connectivity index (χ0v) is 13.4. The summed E-state index contributed by atoms with van der Waals surface area (Å²) in [5.41, 5.74) is 6.11. The number of nitrogen functional groups attached to an aromatic ring is 1. The molecule has 1 aromatic rings. The molecule has 3 N–H and O–H groups in total. The predicted molar refractivity (Wildman–Crippen MR) is 83.4 cm³/mol. The maximum Gasteiger partial charge on any atom is 0.207 e. The first-order valence-electron chi connectivity index (χ1n) is 6.84. The largest absolute Gasteiger partial charge is 0.399 e. The Hall–Kier alpha value is -1.60. The summed E-state index contributed by atoms with van der Waals surface area (Å²) >= 11 is 0. The third kappa shape index (κ3) is 6.14. The van der Waals surface area contributed by atoms with Gasteiger partial charge in [0.25, 0.3) is 0 Å². The lowest BCUT2D eigenvalue weighted by molar-refractivity contribution is -0.887. The van der Waals surface area contributed by atoms with Crippen LogP contribution in [0.1, 0.15) is 6.42 Å². The first kappa shape index (κ1) is 17.5. The van der Waals surface area contributed by atoms with Crippen LogP contribution in [0, 0.1) is 0 Å². The lowest BCUT2D eigenvalue weighted by Gasteiger charge is -2.29. The van der Waals surface area contributed by atoms with E-state index < -0.39 is 9.84 Å². The number of hydrogen-bond acceptors (Lipinski definition) is 4. The van der Waals surface area contributed by atoms with Crippen molar-refractivity contribution in [1.82, 2.24) is 5.32 Å². The van der Waals surface area contributed by atoms with E-state index in [1.165, 1.54) is 0 Å². The van der Waals surface area contributed by atoms with Crippen molar-refractivity contribution in [3.63, 3.8) is 0 Å². The molecule has 1 rings (SSSR count). The first-order valence-corrected chi connectivity index (χ1v) is 8.49. The minimum absolute atomic E-state index is 0.0883. The second kappa shape index (κ2) is 7.42. The van der Waals surface area contributed by atoms with Gasteiger partial charge in [-0.05, 0) is 24.3 Å². The van der Waals surface area contributed by atoms with E-state index in [4.69, 9.17) is 5.73 Å². The zero-order chi connectivity index (χ0) is 15.9. The van der Waals surface area contributed by atoms with E-state index in [1.807, 2.05) is 14.1 Å². The normalized spacial score (nSPS) is 12.1. The van der Waals surface area contributed by atoms with Crippen molar-refractivity contribution in [2.75, 3.05) is 45.2 Å². The van der Waals surface area contributed by atoms with Gasteiger partial charge in [-0.3, -0.25) is 4.79 Å². The Morgan fingerprint density at radius 3 is 2.38 bits per heavy atom. The Balaban J connectivity index is 2.55. The van der Waals surface area contributed by atoms with Gasteiger partial charge in [-0.2, -0.15) is 0 Å². The van der Waals surface area contributed by atoms with Gasteiger partial charge in [0, 0.05) is 18.7 Å². The van der Waals surface area contributed by atoms with Gasteiger partial charge < -0.3 is 15.5 Å². The number of hydrogen-bond donors (Lipinski definition) is 2. The number of quaternary nitrogens is 1. The molecule has 1 amide bonds. The van der Waals surface area contributed by atoms with Crippen LogP contribution in [0.25, 0.3) is 0 Å². The molecule has 0 spiro atoms. The topological polar surface area (TPSA) is 89.3 Å². The Morgan fingerprint density at radius 1 is 1.19 bits per heavy atom. The number of benzene rings is 1. The van der Waals surface area contributed by atoms with Crippen LogP contribution in [0.2, 0.25) is 0 Å². The molecule has 0 radical (unpaired) electrons. The first-order chi connectivity index (χ1) is 9.77. The van der Waals surface area contributed by atoms with Crippen molar-refractivity contribution in [3.05, 3.63) is 24.3 Å². The Bertz CT molecular complexity index is 553. The van der Waals surface area contributed by atoms with Gasteiger partial charge in [0.1, 0.15) is 5.75 Å². The van der Waals surface area contributed by atoms with Crippen LogP contribution in [0.4, 0.5) is 5.69 Å². The minimum Gasteiger partial charge on any atom is -0.399 e. The van der Waals surface area contributed by atoms with Gasteiger partial charge in [-0.15, -0.1) is 0 Å². The standard InChI is InChI=1S/C14H23N3O3S/c1-17(2,9-3-8-16-12-18)10-11-21(19,20)14-6-4-13(15)5-7-14/h4-7,12H,3,8-11,15H2,1-2H3/p+1. The lowest BCUT2D eigenvalue weighted by Crippen LogP contribution is -2.44. The van der Waals surface area contributed by atoms with Crippen LogP contribution in [0.5, 0.6) is 0 Å². The number of nitrogens with zero attached hydrogens (tertiary/aromatic N) is 1. The number of carbonyl (C=O) groups is 1. The van der Waals surface area contributed by atoms with Crippen LogP contribution < -0.4 is 11.1 Å². The highest BCUT2D eigenvalue weighted by Gasteiger charge is 2.21. The van der Waals surface area contributed by atoms with E-state index >= 15 is 0 Å². The molecule has 0 aliphatic rings. The maximum absolute atomic E-state index is 12.3. The van der Waals surface area contributed by atoms with Gasteiger partial charge in [0.2, 0.25) is 6.41 Å². The van der Waals surface area contributed by atoms with Gasteiger partial charge in [0.05, 0.1) is 32.1 Å². The van der Waals surface area contributed by atoms with Crippen LogP contribution in [0.15, 0.2) is 29.2 Å². The van der Waals surface area contributed by atoms with Gasteiger partial charge in [0.15, 0.2) is 9.84 Å². The number of amides is 1. The molecule has 0 aliphatic carbocycles. The molecule has 6 nitrogen and oxygen atoms in total. The van der Waals surface area contributed by atoms with E-state index in [9.17, 15) is 13.2 Å². The monoisotopic (exact) mass is 314 g/mol. The summed E-state index contributed by atoms with van der Waals surface area (Å²) in [6.07, 6.45) is 1.49. The second-order valence-electron chi connectivity index (χ2n) is 5.70. The van der Waals surface area contributed by atoms with E-state index in [1.54, 1.807) is 24.3 Å². The summed E-state index contributed by atoms with van der Waals surface area (Å²) in [6, 6.07) is 6.27. The highest BCUT2D eigenvalue weighted by Crippen LogP contribution is 2.14.